The Morgan fingerprint density at radius 3 is 2.62 bits per heavy atom. The van der Waals surface area contributed by atoms with E-state index in [2.05, 4.69) is 54.3 Å². The van der Waals surface area contributed by atoms with Gasteiger partial charge in [-0.15, -0.1) is 0 Å². The summed E-state index contributed by atoms with van der Waals surface area (Å²) < 4.78 is 16.5. The number of aromatic nitrogens is 2. The second kappa shape index (κ2) is 9.07. The summed E-state index contributed by atoms with van der Waals surface area (Å²) in [5, 5.41) is 6.62. The highest BCUT2D eigenvalue weighted by molar-refractivity contribution is 6.34. The molecule has 0 spiro atoms. The van der Waals surface area contributed by atoms with E-state index < -0.39 is 0 Å². The molecule has 2 bridgehead atoms. The van der Waals surface area contributed by atoms with Gasteiger partial charge in [-0.05, 0) is 61.7 Å². The molecule has 37 heavy (non-hydrogen) atoms. The van der Waals surface area contributed by atoms with Crippen molar-refractivity contribution in [2.24, 2.45) is 0 Å². The average Bonchev–Trinajstić information content (AvgIpc) is 3.31. The van der Waals surface area contributed by atoms with E-state index in [1.54, 1.807) is 0 Å². The molecule has 4 aliphatic heterocycles. The van der Waals surface area contributed by atoms with Crippen molar-refractivity contribution in [1.29, 1.82) is 0 Å². The van der Waals surface area contributed by atoms with Gasteiger partial charge in [0.25, 0.3) is 0 Å². The first-order chi connectivity index (χ1) is 18.0. The molecular formula is C30H33BFN5. The molecule has 4 aromatic rings. The Hall–Kier alpha value is -3.03. The van der Waals surface area contributed by atoms with E-state index in [4.69, 9.17) is 9.97 Å². The Kier molecular flexibility index (Phi) is 5.67. The smallest absolute Gasteiger partial charge is 0.157 e. The number of benzene rings is 3. The fourth-order valence-corrected chi connectivity index (χ4v) is 6.76. The van der Waals surface area contributed by atoms with Crippen LogP contribution in [0.5, 0.6) is 0 Å². The second-order valence-corrected chi connectivity index (χ2v) is 11.3. The number of rotatable bonds is 5. The molecule has 5 nitrogen and oxygen atoms in total. The Balaban J connectivity index is 1.35. The number of piperazine rings is 1. The summed E-state index contributed by atoms with van der Waals surface area (Å²) in [6.07, 6.45) is 5.47. The second-order valence-electron chi connectivity index (χ2n) is 11.3. The number of nitrogens with zero attached hydrogens (tertiary/aromatic N) is 4. The fraction of sp³-hybridized carbons (Fsp3) is 0.400. The lowest BCUT2D eigenvalue weighted by atomic mass is 9.87. The Bertz CT molecular complexity index is 1490. The van der Waals surface area contributed by atoms with Gasteiger partial charge in [0.2, 0.25) is 0 Å². The van der Waals surface area contributed by atoms with Crippen LogP contribution in [-0.2, 0) is 6.42 Å². The summed E-state index contributed by atoms with van der Waals surface area (Å²) in [5.74, 6) is 1.42. The Morgan fingerprint density at radius 2 is 1.84 bits per heavy atom. The van der Waals surface area contributed by atoms with Crippen molar-refractivity contribution in [2.75, 3.05) is 31.6 Å². The molecule has 5 heterocycles. The van der Waals surface area contributed by atoms with Gasteiger partial charge in [0.15, 0.2) is 5.82 Å². The highest BCUT2D eigenvalue weighted by Gasteiger charge is 2.37. The molecule has 1 aromatic heterocycles. The maximum atomic E-state index is 16.5. The molecule has 3 aromatic carbocycles. The van der Waals surface area contributed by atoms with Gasteiger partial charge in [-0.3, -0.25) is 0 Å². The van der Waals surface area contributed by atoms with E-state index in [9.17, 15) is 0 Å². The predicted octanol–water partition coefficient (Wildman–Crippen LogP) is 3.42. The monoisotopic (exact) mass is 493 g/mol. The van der Waals surface area contributed by atoms with Gasteiger partial charge in [0.05, 0.1) is 0 Å². The minimum atomic E-state index is -0.239. The van der Waals surface area contributed by atoms with E-state index in [1.807, 2.05) is 24.3 Å². The van der Waals surface area contributed by atoms with Crippen LogP contribution in [0.25, 0.3) is 32.8 Å². The summed E-state index contributed by atoms with van der Waals surface area (Å²) in [6, 6.07) is 18.0. The largest absolute Gasteiger partial charge is 0.353 e. The van der Waals surface area contributed by atoms with Crippen molar-refractivity contribution in [2.45, 2.75) is 50.2 Å². The number of halogens is 1. The normalized spacial score (nSPS) is 23.6. The van der Waals surface area contributed by atoms with Crippen LogP contribution in [0.4, 0.5) is 10.2 Å². The van der Waals surface area contributed by atoms with Gasteiger partial charge >= 0.3 is 0 Å². The first-order valence-corrected chi connectivity index (χ1v) is 13.7. The molecular weight excluding hydrogens is 460 g/mol. The highest BCUT2D eigenvalue weighted by Crippen LogP contribution is 2.37. The number of piperidine rings is 1. The van der Waals surface area contributed by atoms with Crippen LogP contribution < -0.4 is 15.7 Å². The minimum absolute atomic E-state index is 0.239. The van der Waals surface area contributed by atoms with Crippen molar-refractivity contribution < 1.29 is 4.39 Å². The van der Waals surface area contributed by atoms with E-state index in [0.717, 1.165) is 71.3 Å². The SMILES string of the molecule is Bc1cc(-c2ccc3c(N4CC5CC(C4)N5)nc(CCC4CCCN4C)nc3c2F)c2ccccc2c1. The van der Waals surface area contributed by atoms with Crippen LogP contribution in [0, 0.1) is 5.82 Å². The van der Waals surface area contributed by atoms with Crippen molar-refractivity contribution in [1.82, 2.24) is 20.2 Å². The standard InChI is InChI=1S/C30H33BFN5/c1-36-12-4-6-22(36)8-11-27-34-29-25(30(35-27)37-16-20-15-21(17-37)33-20)10-9-24(28(29)32)26-14-19(31)13-18-5-2-3-7-23(18)26/h2-3,5,7,9-10,13-14,20-22,33H,4,6,8,11-12,15-17,31H2,1H3. The number of fused-ring (bicyclic) bond motifs is 4. The third-order valence-corrected chi connectivity index (χ3v) is 8.72. The predicted molar refractivity (Wildman–Crippen MR) is 152 cm³/mol. The van der Waals surface area contributed by atoms with E-state index in [-0.39, 0.29) is 5.82 Å². The van der Waals surface area contributed by atoms with Crippen molar-refractivity contribution in [3.63, 3.8) is 0 Å². The summed E-state index contributed by atoms with van der Waals surface area (Å²) in [6.45, 7) is 2.99. The number of anilines is 1. The summed E-state index contributed by atoms with van der Waals surface area (Å²) in [7, 11) is 4.28. The van der Waals surface area contributed by atoms with Gasteiger partial charge in [0.1, 0.15) is 25.0 Å². The molecule has 0 radical (unpaired) electrons. The molecule has 4 aliphatic rings. The molecule has 7 heteroatoms. The van der Waals surface area contributed by atoms with Crippen LogP contribution in [0.2, 0.25) is 0 Å². The van der Waals surface area contributed by atoms with E-state index in [1.165, 1.54) is 19.3 Å². The summed E-state index contributed by atoms with van der Waals surface area (Å²) >= 11 is 0. The molecule has 4 saturated heterocycles. The molecule has 3 atom stereocenters. The molecule has 1 N–H and O–H groups in total. The number of hydrogen-bond donors (Lipinski definition) is 1. The van der Waals surface area contributed by atoms with E-state index in [0.29, 0.717) is 29.2 Å². The van der Waals surface area contributed by atoms with Crippen molar-refractivity contribution >= 4 is 40.8 Å². The maximum Gasteiger partial charge on any atom is 0.157 e. The van der Waals surface area contributed by atoms with Gasteiger partial charge < -0.3 is 15.1 Å². The third-order valence-electron chi connectivity index (χ3n) is 8.72. The topological polar surface area (TPSA) is 44.3 Å². The van der Waals surface area contributed by atoms with E-state index >= 15 is 4.39 Å². The van der Waals surface area contributed by atoms with Gasteiger partial charge in [-0.25, -0.2) is 14.4 Å². The lowest BCUT2D eigenvalue weighted by molar-refractivity contribution is 0.225. The van der Waals surface area contributed by atoms with Crippen LogP contribution in [0.3, 0.4) is 0 Å². The van der Waals surface area contributed by atoms with Crippen LogP contribution in [0.15, 0.2) is 48.5 Å². The van der Waals surface area contributed by atoms with Crippen LogP contribution in [-0.4, -0.2) is 67.5 Å². The number of nitrogens with one attached hydrogen (secondary N) is 1. The van der Waals surface area contributed by atoms with Crippen LogP contribution >= 0.6 is 0 Å². The lowest BCUT2D eigenvalue weighted by Crippen LogP contribution is -2.67. The molecule has 4 fully saturated rings. The number of aryl methyl sites for hydroxylation is 1. The summed E-state index contributed by atoms with van der Waals surface area (Å²) in [4.78, 5) is 14.8. The van der Waals surface area contributed by atoms with Gasteiger partial charge in [-0.1, -0.05) is 47.9 Å². The van der Waals surface area contributed by atoms with Gasteiger partial charge in [-0.2, -0.15) is 0 Å². The highest BCUT2D eigenvalue weighted by atomic mass is 19.1. The van der Waals surface area contributed by atoms with Crippen molar-refractivity contribution in [3.8, 4) is 11.1 Å². The average molecular weight is 493 g/mol. The molecule has 3 unspecified atom stereocenters. The molecule has 188 valence electrons. The van der Waals surface area contributed by atoms with Crippen molar-refractivity contribution in [3.05, 3.63) is 60.2 Å². The third kappa shape index (κ3) is 4.09. The number of hydrogen-bond acceptors (Lipinski definition) is 5. The van der Waals surface area contributed by atoms with Gasteiger partial charge in [0, 0.05) is 48.6 Å². The first-order valence-electron chi connectivity index (χ1n) is 13.7. The zero-order chi connectivity index (χ0) is 25.1. The Labute approximate surface area is 218 Å². The number of likely N-dealkylation sites (tertiary alicyclic amines) is 1. The zero-order valence-corrected chi connectivity index (χ0v) is 21.7. The van der Waals surface area contributed by atoms with Crippen LogP contribution in [0.1, 0.15) is 31.5 Å². The summed E-state index contributed by atoms with van der Waals surface area (Å²) in [5.41, 5.74) is 3.11. The molecule has 0 saturated carbocycles. The Morgan fingerprint density at radius 1 is 1.03 bits per heavy atom. The first kappa shape index (κ1) is 23.1. The fourth-order valence-electron chi connectivity index (χ4n) is 6.76. The lowest BCUT2D eigenvalue weighted by Gasteiger charge is -2.49. The zero-order valence-electron chi connectivity index (χ0n) is 21.7. The molecule has 0 amide bonds. The minimum Gasteiger partial charge on any atom is -0.353 e. The molecule has 8 rings (SSSR count). The quantitative estimate of drug-likeness (QED) is 0.432. The molecule has 0 aliphatic carbocycles. The maximum absolute atomic E-state index is 16.5.